The highest BCUT2D eigenvalue weighted by atomic mass is 79.9. The van der Waals surface area contributed by atoms with Crippen molar-refractivity contribution in [2.24, 2.45) is 11.0 Å². The Morgan fingerprint density at radius 3 is 2.21 bits per heavy atom. The Bertz CT molecular complexity index is 944. The smallest absolute Gasteiger partial charge is 0.275 e. The average molecular weight is 520 g/mol. The zero-order valence-corrected chi connectivity index (χ0v) is 18.7. The van der Waals surface area contributed by atoms with Crippen LogP contribution < -0.4 is 10.9 Å². The Balaban J connectivity index is 1.52. The van der Waals surface area contributed by atoms with Gasteiger partial charge in [-0.25, -0.2) is 10.4 Å². The number of halogens is 2. The second kappa shape index (κ2) is 8.77. The van der Waals surface area contributed by atoms with Crippen molar-refractivity contribution in [2.75, 3.05) is 0 Å². The van der Waals surface area contributed by atoms with Gasteiger partial charge in [-0.1, -0.05) is 38.3 Å². The van der Waals surface area contributed by atoms with Gasteiger partial charge in [-0.3, -0.25) is 15.0 Å². The van der Waals surface area contributed by atoms with Gasteiger partial charge in [0, 0.05) is 31.7 Å². The largest absolute Gasteiger partial charge is 0.285 e. The summed E-state index contributed by atoms with van der Waals surface area (Å²) < 4.78 is 1.82. The van der Waals surface area contributed by atoms with E-state index in [0.29, 0.717) is 11.1 Å². The van der Waals surface area contributed by atoms with Crippen LogP contribution in [0.4, 0.5) is 0 Å². The molecular formula is C21H20Br2N4O2. The van der Waals surface area contributed by atoms with Gasteiger partial charge in [-0.2, -0.15) is 5.10 Å². The minimum absolute atomic E-state index is 0.105. The summed E-state index contributed by atoms with van der Waals surface area (Å²) in [5.41, 5.74) is 7.95. The summed E-state index contributed by atoms with van der Waals surface area (Å²) in [5, 5.41) is 6.10. The van der Waals surface area contributed by atoms with E-state index < -0.39 is 6.17 Å². The maximum Gasteiger partial charge on any atom is 0.275 e. The first kappa shape index (κ1) is 20.3. The average Bonchev–Trinajstić information content (AvgIpc) is 3.11. The van der Waals surface area contributed by atoms with Crippen molar-refractivity contribution in [2.45, 2.75) is 31.8 Å². The highest BCUT2D eigenvalue weighted by Crippen LogP contribution is 2.32. The standard InChI is InChI=1S/C21H20Br2N4O2/c22-15-9-5-13(6-10-15)20(28)25-24-19-17-3-1-2-4-18(17)26-27(19)21(29)14-7-11-16(23)12-8-14/h5-12,17,19,24H,1-4H2,(H,25,28)/t17-,19+/m1/s1. The van der Waals surface area contributed by atoms with Gasteiger partial charge in [0.2, 0.25) is 0 Å². The summed E-state index contributed by atoms with van der Waals surface area (Å²) >= 11 is 6.76. The fraction of sp³-hybridized carbons (Fsp3) is 0.286. The lowest BCUT2D eigenvalue weighted by molar-refractivity contribution is 0.0598. The van der Waals surface area contributed by atoms with E-state index in [2.05, 4.69) is 47.8 Å². The van der Waals surface area contributed by atoms with Gasteiger partial charge < -0.3 is 0 Å². The summed E-state index contributed by atoms with van der Waals surface area (Å²) in [6.45, 7) is 0. The number of nitrogens with one attached hydrogen (secondary N) is 2. The summed E-state index contributed by atoms with van der Waals surface area (Å²) in [7, 11) is 0. The molecule has 0 bridgehead atoms. The lowest BCUT2D eigenvalue weighted by Crippen LogP contribution is -2.55. The molecule has 1 saturated carbocycles. The summed E-state index contributed by atoms with van der Waals surface area (Å²) in [5.74, 6) is -0.332. The van der Waals surface area contributed by atoms with Gasteiger partial charge in [0.25, 0.3) is 11.8 Å². The number of benzene rings is 2. The Labute approximate surface area is 186 Å². The van der Waals surface area contributed by atoms with E-state index in [0.717, 1.165) is 40.3 Å². The summed E-state index contributed by atoms with van der Waals surface area (Å²) in [6.07, 6.45) is 3.58. The second-order valence-electron chi connectivity index (χ2n) is 7.15. The third kappa shape index (κ3) is 4.44. The van der Waals surface area contributed by atoms with Crippen LogP contribution in [0.2, 0.25) is 0 Å². The molecule has 2 aromatic carbocycles. The van der Waals surface area contributed by atoms with Crippen molar-refractivity contribution >= 4 is 49.4 Å². The number of carbonyl (C=O) groups is 2. The molecule has 0 radical (unpaired) electrons. The number of hydrazone groups is 1. The van der Waals surface area contributed by atoms with E-state index in [1.165, 1.54) is 5.01 Å². The molecule has 0 unspecified atom stereocenters. The van der Waals surface area contributed by atoms with Crippen LogP contribution in [0.15, 0.2) is 62.6 Å². The monoisotopic (exact) mass is 518 g/mol. The molecule has 29 heavy (non-hydrogen) atoms. The summed E-state index contributed by atoms with van der Waals surface area (Å²) in [6, 6.07) is 14.3. The zero-order valence-electron chi connectivity index (χ0n) is 15.6. The highest BCUT2D eigenvalue weighted by Gasteiger charge is 2.41. The molecule has 0 spiro atoms. The van der Waals surface area contributed by atoms with Crippen molar-refractivity contribution in [3.63, 3.8) is 0 Å². The van der Waals surface area contributed by atoms with Gasteiger partial charge in [0.1, 0.15) is 6.17 Å². The molecule has 2 aromatic rings. The predicted octanol–water partition coefficient (Wildman–Crippen LogP) is 4.47. The number of fused-ring (bicyclic) bond motifs is 1. The molecule has 1 aliphatic heterocycles. The molecule has 0 saturated heterocycles. The lowest BCUT2D eigenvalue weighted by Gasteiger charge is -2.29. The molecule has 1 heterocycles. The highest BCUT2D eigenvalue weighted by molar-refractivity contribution is 9.10. The van der Waals surface area contributed by atoms with Crippen LogP contribution in [-0.4, -0.2) is 28.7 Å². The first-order valence-corrected chi connectivity index (χ1v) is 11.1. The number of hydrazine groups is 1. The Morgan fingerprint density at radius 2 is 1.55 bits per heavy atom. The molecule has 2 atom stereocenters. The van der Waals surface area contributed by atoms with Crippen molar-refractivity contribution in [3.8, 4) is 0 Å². The van der Waals surface area contributed by atoms with Crippen LogP contribution >= 0.6 is 31.9 Å². The number of hydrogen-bond donors (Lipinski definition) is 2. The van der Waals surface area contributed by atoms with Crippen LogP contribution in [0, 0.1) is 5.92 Å². The quantitative estimate of drug-likeness (QED) is 0.585. The second-order valence-corrected chi connectivity index (χ2v) is 8.98. The van der Waals surface area contributed by atoms with E-state index in [1.54, 1.807) is 24.3 Å². The van der Waals surface area contributed by atoms with Crippen molar-refractivity contribution in [1.82, 2.24) is 15.9 Å². The van der Waals surface area contributed by atoms with Gasteiger partial charge >= 0.3 is 0 Å². The molecular weight excluding hydrogens is 500 g/mol. The normalized spacial score (nSPS) is 20.8. The molecule has 8 heteroatoms. The first-order valence-electron chi connectivity index (χ1n) is 9.51. The zero-order chi connectivity index (χ0) is 20.4. The molecule has 2 N–H and O–H groups in total. The fourth-order valence-electron chi connectivity index (χ4n) is 3.73. The Kier molecular flexibility index (Phi) is 6.12. The molecule has 2 aliphatic rings. The lowest BCUT2D eigenvalue weighted by atomic mass is 9.86. The van der Waals surface area contributed by atoms with E-state index in [1.807, 2.05) is 24.3 Å². The first-order chi connectivity index (χ1) is 14.0. The number of rotatable bonds is 4. The fourth-order valence-corrected chi connectivity index (χ4v) is 4.26. The maximum absolute atomic E-state index is 13.1. The number of hydrogen-bond acceptors (Lipinski definition) is 4. The van der Waals surface area contributed by atoms with E-state index in [-0.39, 0.29) is 17.7 Å². The van der Waals surface area contributed by atoms with Gasteiger partial charge in [-0.05, 0) is 67.8 Å². The van der Waals surface area contributed by atoms with E-state index in [9.17, 15) is 9.59 Å². The van der Waals surface area contributed by atoms with E-state index in [4.69, 9.17) is 0 Å². The SMILES string of the molecule is O=C(NN[C@@H]1[C@@H]2CCCCC2=NN1C(=O)c1ccc(Br)cc1)c1ccc(Br)cc1. The third-order valence-corrected chi connectivity index (χ3v) is 6.30. The molecule has 6 nitrogen and oxygen atoms in total. The third-order valence-electron chi connectivity index (χ3n) is 5.25. The maximum atomic E-state index is 13.1. The Morgan fingerprint density at radius 1 is 0.931 bits per heavy atom. The molecule has 150 valence electrons. The van der Waals surface area contributed by atoms with Gasteiger partial charge in [-0.15, -0.1) is 0 Å². The topological polar surface area (TPSA) is 73.8 Å². The molecule has 1 fully saturated rings. The van der Waals surface area contributed by atoms with Crippen molar-refractivity contribution in [3.05, 3.63) is 68.6 Å². The minimum atomic E-state index is -0.402. The van der Waals surface area contributed by atoms with Crippen LogP contribution in [-0.2, 0) is 0 Å². The van der Waals surface area contributed by atoms with Crippen molar-refractivity contribution < 1.29 is 9.59 Å². The number of amides is 2. The minimum Gasteiger partial charge on any atom is -0.285 e. The van der Waals surface area contributed by atoms with Crippen LogP contribution in [0.25, 0.3) is 0 Å². The van der Waals surface area contributed by atoms with Gasteiger partial charge in [0.05, 0.1) is 0 Å². The molecule has 4 rings (SSSR count). The van der Waals surface area contributed by atoms with Crippen molar-refractivity contribution in [1.29, 1.82) is 0 Å². The predicted molar refractivity (Wildman–Crippen MR) is 118 cm³/mol. The Hall–Kier alpha value is -2.03. The van der Waals surface area contributed by atoms with Crippen LogP contribution in [0.1, 0.15) is 46.4 Å². The van der Waals surface area contributed by atoms with Crippen LogP contribution in [0.3, 0.4) is 0 Å². The molecule has 2 amide bonds. The summed E-state index contributed by atoms with van der Waals surface area (Å²) in [4.78, 5) is 25.6. The molecule has 1 aliphatic carbocycles. The molecule has 0 aromatic heterocycles. The number of nitrogens with zero attached hydrogens (tertiary/aromatic N) is 2. The number of carbonyl (C=O) groups excluding carboxylic acids is 2. The van der Waals surface area contributed by atoms with E-state index >= 15 is 0 Å². The van der Waals surface area contributed by atoms with Gasteiger partial charge in [0.15, 0.2) is 0 Å². The van der Waals surface area contributed by atoms with Crippen LogP contribution in [0.5, 0.6) is 0 Å².